The Morgan fingerprint density at radius 3 is 2.58 bits per heavy atom. The highest BCUT2D eigenvalue weighted by molar-refractivity contribution is 9.10. The molecule has 0 saturated carbocycles. The molecular weight excluding hydrogens is 306 g/mol. The van der Waals surface area contributed by atoms with Crippen molar-refractivity contribution in [1.29, 1.82) is 0 Å². The standard InChI is InChI=1S/C14H18BrN3O/c1-5-17(6-2)14(19)12-10(4)16-13-9(3)7-11(15)8-18(12)13/h7-8H,5-6H2,1-4H3. The van der Waals surface area contributed by atoms with Gasteiger partial charge in [-0.2, -0.15) is 0 Å². The maximum atomic E-state index is 12.6. The van der Waals surface area contributed by atoms with E-state index in [0.717, 1.165) is 21.4 Å². The third-order valence-corrected chi connectivity index (χ3v) is 3.73. The van der Waals surface area contributed by atoms with Crippen LogP contribution >= 0.6 is 15.9 Å². The lowest BCUT2D eigenvalue weighted by atomic mass is 10.3. The maximum absolute atomic E-state index is 12.6. The highest BCUT2D eigenvalue weighted by atomic mass is 79.9. The van der Waals surface area contributed by atoms with Crippen LogP contribution in [0.2, 0.25) is 0 Å². The van der Waals surface area contributed by atoms with Crippen LogP contribution in [0.15, 0.2) is 16.7 Å². The third kappa shape index (κ3) is 2.39. The Morgan fingerprint density at radius 2 is 2.00 bits per heavy atom. The van der Waals surface area contributed by atoms with Crippen LogP contribution < -0.4 is 0 Å². The molecule has 2 heterocycles. The molecule has 0 aliphatic carbocycles. The fourth-order valence-corrected chi connectivity index (χ4v) is 2.85. The number of halogens is 1. The van der Waals surface area contributed by atoms with E-state index in [-0.39, 0.29) is 5.91 Å². The van der Waals surface area contributed by atoms with Crippen LogP contribution in [-0.4, -0.2) is 33.3 Å². The van der Waals surface area contributed by atoms with E-state index in [2.05, 4.69) is 20.9 Å². The minimum absolute atomic E-state index is 0.0347. The number of pyridine rings is 1. The van der Waals surface area contributed by atoms with Crippen LogP contribution in [0.4, 0.5) is 0 Å². The van der Waals surface area contributed by atoms with Gasteiger partial charge < -0.3 is 4.90 Å². The molecule has 0 aromatic carbocycles. The van der Waals surface area contributed by atoms with Crippen LogP contribution in [0, 0.1) is 13.8 Å². The van der Waals surface area contributed by atoms with Crippen molar-refractivity contribution < 1.29 is 4.79 Å². The van der Waals surface area contributed by atoms with Gasteiger partial charge in [0.2, 0.25) is 0 Å². The molecule has 5 heteroatoms. The second-order valence-corrected chi connectivity index (χ2v) is 5.47. The van der Waals surface area contributed by atoms with E-state index in [9.17, 15) is 4.79 Å². The first-order chi connectivity index (χ1) is 8.99. The van der Waals surface area contributed by atoms with Gasteiger partial charge in [-0.15, -0.1) is 0 Å². The zero-order chi connectivity index (χ0) is 14.2. The first kappa shape index (κ1) is 14.1. The summed E-state index contributed by atoms with van der Waals surface area (Å²) in [6.07, 6.45) is 1.90. The van der Waals surface area contributed by atoms with Gasteiger partial charge in [-0.05, 0) is 55.3 Å². The van der Waals surface area contributed by atoms with E-state index >= 15 is 0 Å². The maximum Gasteiger partial charge on any atom is 0.272 e. The molecule has 0 unspecified atom stereocenters. The quantitative estimate of drug-likeness (QED) is 0.869. The molecule has 2 rings (SSSR count). The fourth-order valence-electron chi connectivity index (χ4n) is 2.30. The van der Waals surface area contributed by atoms with Crippen molar-refractivity contribution in [2.45, 2.75) is 27.7 Å². The summed E-state index contributed by atoms with van der Waals surface area (Å²) in [5, 5.41) is 0. The molecule has 102 valence electrons. The summed E-state index contributed by atoms with van der Waals surface area (Å²) in [5.41, 5.74) is 3.33. The SMILES string of the molecule is CCN(CC)C(=O)c1c(C)nc2c(C)cc(Br)cn12. The zero-order valence-corrected chi connectivity index (χ0v) is 13.3. The number of hydrogen-bond acceptors (Lipinski definition) is 2. The lowest BCUT2D eigenvalue weighted by molar-refractivity contribution is 0.0765. The van der Waals surface area contributed by atoms with Crippen LogP contribution in [0.3, 0.4) is 0 Å². The lowest BCUT2D eigenvalue weighted by Crippen LogP contribution is -2.31. The summed E-state index contributed by atoms with van der Waals surface area (Å²) in [4.78, 5) is 18.9. The second-order valence-electron chi connectivity index (χ2n) is 4.56. The highest BCUT2D eigenvalue weighted by Gasteiger charge is 2.21. The average molecular weight is 324 g/mol. The van der Waals surface area contributed by atoms with Crippen molar-refractivity contribution in [2.24, 2.45) is 0 Å². The Hall–Kier alpha value is -1.36. The number of nitrogens with zero attached hydrogens (tertiary/aromatic N) is 3. The molecule has 0 fully saturated rings. The van der Waals surface area contributed by atoms with Gasteiger partial charge in [0.05, 0.1) is 5.69 Å². The molecule has 0 spiro atoms. The molecular formula is C14H18BrN3O. The van der Waals surface area contributed by atoms with Gasteiger partial charge in [0.1, 0.15) is 11.3 Å². The molecule has 0 bridgehead atoms. The van der Waals surface area contributed by atoms with Crippen LogP contribution in [0.5, 0.6) is 0 Å². The second kappa shape index (κ2) is 5.33. The predicted octanol–water partition coefficient (Wildman–Crippen LogP) is 3.20. The molecule has 0 aliphatic rings. The van der Waals surface area contributed by atoms with Gasteiger partial charge in [-0.3, -0.25) is 9.20 Å². The van der Waals surface area contributed by atoms with E-state index in [1.54, 1.807) is 0 Å². The van der Waals surface area contributed by atoms with Crippen LogP contribution in [-0.2, 0) is 0 Å². The van der Waals surface area contributed by atoms with Crippen molar-refractivity contribution >= 4 is 27.5 Å². The summed E-state index contributed by atoms with van der Waals surface area (Å²) in [6, 6.07) is 2.01. The zero-order valence-electron chi connectivity index (χ0n) is 11.7. The summed E-state index contributed by atoms with van der Waals surface area (Å²) in [5.74, 6) is 0.0347. The number of fused-ring (bicyclic) bond motifs is 1. The largest absolute Gasteiger partial charge is 0.338 e. The van der Waals surface area contributed by atoms with E-state index < -0.39 is 0 Å². The fraction of sp³-hybridized carbons (Fsp3) is 0.429. The molecule has 2 aromatic rings. The van der Waals surface area contributed by atoms with Crippen molar-refractivity contribution in [3.05, 3.63) is 33.7 Å². The predicted molar refractivity (Wildman–Crippen MR) is 79.6 cm³/mol. The number of aromatic nitrogens is 2. The average Bonchev–Trinajstić information content (AvgIpc) is 2.67. The smallest absolute Gasteiger partial charge is 0.272 e. The molecule has 4 nitrogen and oxygen atoms in total. The summed E-state index contributed by atoms with van der Waals surface area (Å²) < 4.78 is 2.83. The molecule has 0 saturated heterocycles. The molecule has 0 N–H and O–H groups in total. The first-order valence-electron chi connectivity index (χ1n) is 6.43. The molecule has 0 aliphatic heterocycles. The van der Waals surface area contributed by atoms with E-state index in [1.165, 1.54) is 0 Å². The van der Waals surface area contributed by atoms with Gasteiger partial charge in [0.15, 0.2) is 0 Å². The van der Waals surface area contributed by atoms with Crippen molar-refractivity contribution in [3.8, 4) is 0 Å². The van der Waals surface area contributed by atoms with E-state index in [4.69, 9.17) is 0 Å². The molecule has 2 aromatic heterocycles. The molecule has 19 heavy (non-hydrogen) atoms. The molecule has 1 amide bonds. The summed E-state index contributed by atoms with van der Waals surface area (Å²) in [7, 11) is 0. The Morgan fingerprint density at radius 1 is 1.37 bits per heavy atom. The van der Waals surface area contributed by atoms with Crippen LogP contribution in [0.25, 0.3) is 5.65 Å². The van der Waals surface area contributed by atoms with Crippen molar-refractivity contribution in [1.82, 2.24) is 14.3 Å². The topological polar surface area (TPSA) is 37.6 Å². The number of carbonyl (C=O) groups excluding carboxylic acids is 1. The van der Waals surface area contributed by atoms with Crippen molar-refractivity contribution in [2.75, 3.05) is 13.1 Å². The minimum Gasteiger partial charge on any atom is -0.338 e. The minimum atomic E-state index is 0.0347. The highest BCUT2D eigenvalue weighted by Crippen LogP contribution is 2.21. The van der Waals surface area contributed by atoms with Gasteiger partial charge in [-0.1, -0.05) is 0 Å². The first-order valence-corrected chi connectivity index (χ1v) is 7.23. The van der Waals surface area contributed by atoms with Gasteiger partial charge in [-0.25, -0.2) is 4.98 Å². The number of hydrogen-bond donors (Lipinski definition) is 0. The molecule has 0 atom stereocenters. The Kier molecular flexibility index (Phi) is 3.94. The number of amides is 1. The number of rotatable bonds is 3. The monoisotopic (exact) mass is 323 g/mol. The summed E-state index contributed by atoms with van der Waals surface area (Å²) >= 11 is 3.47. The number of carbonyl (C=O) groups is 1. The van der Waals surface area contributed by atoms with Crippen molar-refractivity contribution in [3.63, 3.8) is 0 Å². The Balaban J connectivity index is 2.66. The Bertz CT molecular complexity index is 629. The Labute approximate surface area is 121 Å². The van der Waals surface area contributed by atoms with Gasteiger partial charge >= 0.3 is 0 Å². The third-order valence-electron chi connectivity index (χ3n) is 3.30. The summed E-state index contributed by atoms with van der Waals surface area (Å²) in [6.45, 7) is 9.27. The van der Waals surface area contributed by atoms with E-state index in [0.29, 0.717) is 18.8 Å². The van der Waals surface area contributed by atoms with Gasteiger partial charge in [0, 0.05) is 23.8 Å². The lowest BCUT2D eigenvalue weighted by Gasteiger charge is -2.18. The van der Waals surface area contributed by atoms with Gasteiger partial charge in [0.25, 0.3) is 5.91 Å². The molecule has 0 radical (unpaired) electrons. The van der Waals surface area contributed by atoms with E-state index in [1.807, 2.05) is 49.3 Å². The van der Waals surface area contributed by atoms with Crippen LogP contribution in [0.1, 0.15) is 35.6 Å². The number of aryl methyl sites for hydroxylation is 2. The normalized spacial score (nSPS) is 11.0. The number of imidazole rings is 1.